The summed E-state index contributed by atoms with van der Waals surface area (Å²) in [6.45, 7) is 1.70. The molecular formula is C14H11N5O2. The first kappa shape index (κ1) is 12.9. The van der Waals surface area contributed by atoms with Gasteiger partial charge in [-0.25, -0.2) is 15.0 Å². The largest absolute Gasteiger partial charge is 0.339 e. The first-order chi connectivity index (χ1) is 10.1. The van der Waals surface area contributed by atoms with Crippen molar-refractivity contribution in [3.05, 3.63) is 58.5 Å². The smallest absolute Gasteiger partial charge is 0.274 e. The molecule has 3 aromatic rings. The summed E-state index contributed by atoms with van der Waals surface area (Å²) in [6, 6.07) is 8.58. The molecule has 0 aliphatic heterocycles. The number of nitro groups is 1. The van der Waals surface area contributed by atoms with Crippen molar-refractivity contribution in [2.75, 3.05) is 5.32 Å². The van der Waals surface area contributed by atoms with Crippen LogP contribution in [0.5, 0.6) is 0 Å². The number of aryl methyl sites for hydroxylation is 1. The zero-order valence-electron chi connectivity index (χ0n) is 11.1. The molecule has 21 heavy (non-hydrogen) atoms. The maximum absolute atomic E-state index is 11.0. The van der Waals surface area contributed by atoms with E-state index in [1.165, 1.54) is 12.4 Å². The molecule has 1 aromatic carbocycles. The molecule has 0 aliphatic rings. The minimum absolute atomic E-state index is 0.0662. The number of hydrogen-bond acceptors (Lipinski definition) is 6. The van der Waals surface area contributed by atoms with Gasteiger partial charge in [-0.1, -0.05) is 6.07 Å². The number of nitro benzene ring substituents is 1. The predicted octanol–water partition coefficient (Wildman–Crippen LogP) is 2.99. The Balaban J connectivity index is 2.03. The first-order valence-electron chi connectivity index (χ1n) is 6.23. The molecular weight excluding hydrogens is 270 g/mol. The highest BCUT2D eigenvalue weighted by Crippen LogP contribution is 2.26. The van der Waals surface area contributed by atoms with Gasteiger partial charge in [0, 0.05) is 23.5 Å². The molecule has 1 N–H and O–H groups in total. The lowest BCUT2D eigenvalue weighted by Crippen LogP contribution is -1.98. The minimum atomic E-state index is -0.403. The molecule has 0 fully saturated rings. The van der Waals surface area contributed by atoms with E-state index in [2.05, 4.69) is 20.3 Å². The van der Waals surface area contributed by atoms with Crippen LogP contribution >= 0.6 is 0 Å². The number of nitrogens with one attached hydrogen (secondary N) is 1. The van der Waals surface area contributed by atoms with E-state index >= 15 is 0 Å². The van der Waals surface area contributed by atoms with Crippen LogP contribution in [0.1, 0.15) is 5.56 Å². The molecule has 7 heteroatoms. The number of nitrogens with zero attached hydrogens (tertiary/aromatic N) is 4. The average molecular weight is 281 g/mol. The fourth-order valence-electron chi connectivity index (χ4n) is 2.02. The Labute approximate surface area is 119 Å². The van der Waals surface area contributed by atoms with Crippen LogP contribution in [0.15, 0.2) is 42.9 Å². The molecule has 0 bridgehead atoms. The maximum Gasteiger partial charge on any atom is 0.274 e. The number of aromatic nitrogens is 3. The molecule has 0 saturated carbocycles. The molecule has 3 rings (SSSR count). The van der Waals surface area contributed by atoms with Crippen molar-refractivity contribution in [3.63, 3.8) is 0 Å². The van der Waals surface area contributed by atoms with Crippen molar-refractivity contribution in [2.24, 2.45) is 0 Å². The Hall–Kier alpha value is -3.09. The average Bonchev–Trinajstić information content (AvgIpc) is 2.49. The van der Waals surface area contributed by atoms with Crippen molar-refractivity contribution in [2.45, 2.75) is 6.92 Å². The first-order valence-corrected chi connectivity index (χ1v) is 6.23. The molecule has 0 atom stereocenters. The second-order valence-electron chi connectivity index (χ2n) is 4.48. The highest BCUT2D eigenvalue weighted by atomic mass is 16.6. The summed E-state index contributed by atoms with van der Waals surface area (Å²) in [5.74, 6) is 0.561. The van der Waals surface area contributed by atoms with Gasteiger partial charge in [-0.05, 0) is 25.1 Å². The number of hydrogen-bond donors (Lipinski definition) is 1. The molecule has 2 heterocycles. The SMILES string of the molecule is Cc1ccc(Nc2ncnc3ncccc23)cc1[N+](=O)[O-]. The number of rotatable bonds is 3. The number of benzene rings is 1. The minimum Gasteiger partial charge on any atom is -0.339 e. The van der Waals surface area contributed by atoms with E-state index in [1.54, 1.807) is 31.3 Å². The number of pyridine rings is 1. The van der Waals surface area contributed by atoms with Crippen molar-refractivity contribution in [1.29, 1.82) is 0 Å². The summed E-state index contributed by atoms with van der Waals surface area (Å²) in [5.41, 5.74) is 1.84. The third kappa shape index (κ3) is 2.48. The van der Waals surface area contributed by atoms with Gasteiger partial charge in [0.25, 0.3) is 5.69 Å². The lowest BCUT2D eigenvalue weighted by atomic mass is 10.2. The van der Waals surface area contributed by atoms with Crippen LogP contribution in [0.25, 0.3) is 11.0 Å². The van der Waals surface area contributed by atoms with Crippen molar-refractivity contribution < 1.29 is 4.92 Å². The molecule has 0 unspecified atom stereocenters. The topological polar surface area (TPSA) is 93.8 Å². The van der Waals surface area contributed by atoms with E-state index in [-0.39, 0.29) is 5.69 Å². The van der Waals surface area contributed by atoms with E-state index in [9.17, 15) is 10.1 Å². The molecule has 0 radical (unpaired) electrons. The fraction of sp³-hybridized carbons (Fsp3) is 0.0714. The van der Waals surface area contributed by atoms with E-state index in [1.807, 2.05) is 6.07 Å². The van der Waals surface area contributed by atoms with Gasteiger partial charge < -0.3 is 5.32 Å². The number of fused-ring (bicyclic) bond motifs is 1. The summed E-state index contributed by atoms with van der Waals surface area (Å²) < 4.78 is 0. The van der Waals surface area contributed by atoms with Gasteiger partial charge in [-0.2, -0.15) is 0 Å². The van der Waals surface area contributed by atoms with Gasteiger partial charge in [0.2, 0.25) is 0 Å². The molecule has 0 aliphatic carbocycles. The third-order valence-electron chi connectivity index (χ3n) is 3.08. The molecule has 0 saturated heterocycles. The van der Waals surface area contributed by atoms with E-state index in [0.29, 0.717) is 22.7 Å². The lowest BCUT2D eigenvalue weighted by molar-refractivity contribution is -0.385. The highest BCUT2D eigenvalue weighted by molar-refractivity contribution is 5.88. The van der Waals surface area contributed by atoms with Gasteiger partial charge in [0.05, 0.1) is 10.3 Å². The lowest BCUT2D eigenvalue weighted by Gasteiger charge is -2.08. The fourth-order valence-corrected chi connectivity index (χ4v) is 2.02. The Bertz CT molecular complexity index is 829. The molecule has 2 aromatic heterocycles. The van der Waals surface area contributed by atoms with Gasteiger partial charge in [-0.3, -0.25) is 10.1 Å². The van der Waals surface area contributed by atoms with Gasteiger partial charge in [0.15, 0.2) is 5.65 Å². The van der Waals surface area contributed by atoms with Crippen LogP contribution in [0.3, 0.4) is 0 Å². The Morgan fingerprint density at radius 3 is 2.86 bits per heavy atom. The normalized spacial score (nSPS) is 10.5. The van der Waals surface area contributed by atoms with E-state index in [4.69, 9.17) is 0 Å². The zero-order chi connectivity index (χ0) is 14.8. The van der Waals surface area contributed by atoms with Crippen LogP contribution in [0.4, 0.5) is 17.2 Å². The summed E-state index contributed by atoms with van der Waals surface area (Å²) in [6.07, 6.45) is 3.05. The number of anilines is 2. The Morgan fingerprint density at radius 1 is 1.19 bits per heavy atom. The van der Waals surface area contributed by atoms with Crippen molar-refractivity contribution in [1.82, 2.24) is 15.0 Å². The van der Waals surface area contributed by atoms with Crippen LogP contribution in [-0.4, -0.2) is 19.9 Å². The predicted molar refractivity (Wildman–Crippen MR) is 78.4 cm³/mol. The van der Waals surface area contributed by atoms with Crippen molar-refractivity contribution in [3.8, 4) is 0 Å². The monoisotopic (exact) mass is 281 g/mol. The van der Waals surface area contributed by atoms with Crippen LogP contribution < -0.4 is 5.32 Å². The Morgan fingerprint density at radius 2 is 2.05 bits per heavy atom. The van der Waals surface area contributed by atoms with Crippen LogP contribution in [0.2, 0.25) is 0 Å². The molecule has 0 amide bonds. The summed E-state index contributed by atoms with van der Waals surface area (Å²) in [4.78, 5) is 23.0. The molecule has 0 spiro atoms. The van der Waals surface area contributed by atoms with Gasteiger partial charge in [-0.15, -0.1) is 0 Å². The summed E-state index contributed by atoms with van der Waals surface area (Å²) in [7, 11) is 0. The second kappa shape index (κ2) is 5.12. The van der Waals surface area contributed by atoms with Crippen molar-refractivity contribution >= 4 is 28.2 Å². The van der Waals surface area contributed by atoms with E-state index in [0.717, 1.165) is 5.39 Å². The van der Waals surface area contributed by atoms with E-state index < -0.39 is 4.92 Å². The molecule has 7 nitrogen and oxygen atoms in total. The maximum atomic E-state index is 11.0. The Kier molecular flexibility index (Phi) is 3.15. The standard InChI is InChI=1S/C14H11N5O2/c1-9-4-5-10(7-12(9)19(20)21)18-14-11-3-2-6-15-13(11)16-8-17-14/h2-8H,1H3,(H,15,16,17,18). The zero-order valence-corrected chi connectivity index (χ0v) is 11.1. The quantitative estimate of drug-likeness (QED) is 0.586. The van der Waals surface area contributed by atoms with Gasteiger partial charge in [0.1, 0.15) is 12.1 Å². The van der Waals surface area contributed by atoms with Crippen LogP contribution in [-0.2, 0) is 0 Å². The van der Waals surface area contributed by atoms with Crippen LogP contribution in [0, 0.1) is 17.0 Å². The molecule has 104 valence electrons. The summed E-state index contributed by atoms with van der Waals surface area (Å²) >= 11 is 0. The third-order valence-corrected chi connectivity index (χ3v) is 3.08. The second-order valence-corrected chi connectivity index (χ2v) is 4.48. The summed E-state index contributed by atoms with van der Waals surface area (Å²) in [5, 5.41) is 14.8. The van der Waals surface area contributed by atoms with Gasteiger partial charge >= 0.3 is 0 Å². The highest BCUT2D eigenvalue weighted by Gasteiger charge is 2.12.